The quantitative estimate of drug-likeness (QED) is 0.808. The molecule has 1 aliphatic rings. The molecule has 0 unspecified atom stereocenters. The van der Waals surface area contributed by atoms with Gasteiger partial charge in [0, 0.05) is 22.8 Å². The Hall–Kier alpha value is -2.34. The lowest BCUT2D eigenvalue weighted by Crippen LogP contribution is -2.24. The van der Waals surface area contributed by atoms with Crippen LogP contribution in [0.2, 0.25) is 0 Å². The molecule has 1 atom stereocenters. The molecule has 0 saturated heterocycles. The van der Waals surface area contributed by atoms with Crippen LogP contribution in [-0.4, -0.2) is 15.7 Å². The molecule has 0 aromatic carbocycles. The van der Waals surface area contributed by atoms with Crippen molar-refractivity contribution in [3.05, 3.63) is 58.3 Å². The van der Waals surface area contributed by atoms with Crippen LogP contribution >= 0.6 is 11.3 Å². The Bertz CT molecular complexity index is 759. The fourth-order valence-electron chi connectivity index (χ4n) is 2.68. The summed E-state index contributed by atoms with van der Waals surface area (Å²) >= 11 is 1.67. The number of rotatable bonds is 3. The van der Waals surface area contributed by atoms with Crippen LogP contribution in [-0.2, 0) is 11.3 Å². The molecule has 0 bridgehead atoms. The van der Waals surface area contributed by atoms with E-state index in [1.165, 1.54) is 4.88 Å². The van der Waals surface area contributed by atoms with Crippen molar-refractivity contribution in [2.75, 3.05) is 5.32 Å². The fourth-order valence-corrected chi connectivity index (χ4v) is 3.53. The highest BCUT2D eigenvalue weighted by Gasteiger charge is 2.30. The Balaban J connectivity index is 1.73. The predicted molar refractivity (Wildman–Crippen MR) is 79.4 cm³/mol. The van der Waals surface area contributed by atoms with Crippen molar-refractivity contribution in [1.82, 2.24) is 9.78 Å². The van der Waals surface area contributed by atoms with E-state index in [4.69, 9.17) is 4.42 Å². The minimum atomic E-state index is 0.0297. The number of furan rings is 1. The molecule has 0 aliphatic carbocycles. The Morgan fingerprint density at radius 1 is 1.43 bits per heavy atom. The normalized spacial score (nSPS) is 17.5. The number of aromatic nitrogens is 2. The molecule has 4 heterocycles. The van der Waals surface area contributed by atoms with Gasteiger partial charge in [-0.25, -0.2) is 4.68 Å². The van der Waals surface area contributed by atoms with Gasteiger partial charge in [0.25, 0.3) is 0 Å². The van der Waals surface area contributed by atoms with Gasteiger partial charge < -0.3 is 9.73 Å². The van der Waals surface area contributed by atoms with Crippen molar-refractivity contribution in [2.45, 2.75) is 18.9 Å². The maximum Gasteiger partial charge on any atom is 0.226 e. The first-order chi connectivity index (χ1) is 10.3. The van der Waals surface area contributed by atoms with Crippen LogP contribution in [0.3, 0.4) is 0 Å². The molecule has 4 rings (SSSR count). The van der Waals surface area contributed by atoms with Crippen LogP contribution in [0.5, 0.6) is 0 Å². The molecule has 0 spiro atoms. The Labute approximate surface area is 125 Å². The largest absolute Gasteiger partial charge is 0.467 e. The van der Waals surface area contributed by atoms with Crippen molar-refractivity contribution >= 4 is 23.1 Å². The number of nitrogens with one attached hydrogen (secondary N) is 1. The summed E-state index contributed by atoms with van der Waals surface area (Å²) < 4.78 is 7.14. The number of hydrogen-bond acceptors (Lipinski definition) is 4. The smallest absolute Gasteiger partial charge is 0.226 e. The number of amides is 1. The second-order valence-electron chi connectivity index (χ2n) is 5.01. The van der Waals surface area contributed by atoms with E-state index in [1.807, 2.05) is 29.8 Å². The molecule has 1 N–H and O–H groups in total. The molecule has 6 heteroatoms. The van der Waals surface area contributed by atoms with Gasteiger partial charge in [-0.1, -0.05) is 6.07 Å². The van der Waals surface area contributed by atoms with E-state index in [1.54, 1.807) is 22.3 Å². The third-order valence-electron chi connectivity index (χ3n) is 3.66. The number of hydrogen-bond donors (Lipinski definition) is 1. The molecule has 1 aliphatic heterocycles. The first-order valence-electron chi connectivity index (χ1n) is 6.72. The lowest BCUT2D eigenvalue weighted by molar-refractivity contribution is -0.116. The monoisotopic (exact) mass is 299 g/mol. The fraction of sp³-hybridized carbons (Fsp3) is 0.200. The standard InChI is InChI=1S/C15H13N3O2S/c19-14-7-11(13-4-2-6-21-13)12-8-16-18(15(12)17-14)9-10-3-1-5-20-10/h1-6,8,11H,7,9H2,(H,17,19)/t11-/m0/s1. The summed E-state index contributed by atoms with van der Waals surface area (Å²) in [6.07, 6.45) is 3.96. The van der Waals surface area contributed by atoms with Crippen molar-refractivity contribution in [3.63, 3.8) is 0 Å². The minimum Gasteiger partial charge on any atom is -0.467 e. The van der Waals surface area contributed by atoms with Gasteiger partial charge in [-0.2, -0.15) is 5.10 Å². The molecular weight excluding hydrogens is 286 g/mol. The topological polar surface area (TPSA) is 60.1 Å². The Morgan fingerprint density at radius 3 is 3.14 bits per heavy atom. The number of fused-ring (bicyclic) bond motifs is 1. The molecule has 3 aromatic rings. The summed E-state index contributed by atoms with van der Waals surface area (Å²) in [4.78, 5) is 13.2. The third-order valence-corrected chi connectivity index (χ3v) is 4.65. The lowest BCUT2D eigenvalue weighted by atomic mass is 9.93. The highest BCUT2D eigenvalue weighted by Crippen LogP contribution is 2.38. The second kappa shape index (κ2) is 4.89. The zero-order chi connectivity index (χ0) is 14.2. The van der Waals surface area contributed by atoms with E-state index in [0.717, 1.165) is 17.1 Å². The van der Waals surface area contributed by atoms with Gasteiger partial charge in [0.15, 0.2) is 0 Å². The van der Waals surface area contributed by atoms with Crippen LogP contribution < -0.4 is 5.32 Å². The van der Waals surface area contributed by atoms with Crippen molar-refractivity contribution in [2.24, 2.45) is 0 Å². The van der Waals surface area contributed by atoms with Gasteiger partial charge in [0.2, 0.25) is 5.91 Å². The summed E-state index contributed by atoms with van der Waals surface area (Å²) in [6, 6.07) is 7.83. The average molecular weight is 299 g/mol. The van der Waals surface area contributed by atoms with Gasteiger partial charge >= 0.3 is 0 Å². The highest BCUT2D eigenvalue weighted by atomic mass is 32.1. The lowest BCUT2D eigenvalue weighted by Gasteiger charge is -2.22. The van der Waals surface area contributed by atoms with Crippen molar-refractivity contribution < 1.29 is 9.21 Å². The van der Waals surface area contributed by atoms with Crippen LogP contribution in [0, 0.1) is 0 Å². The summed E-state index contributed by atoms with van der Waals surface area (Å²) in [7, 11) is 0. The number of anilines is 1. The van der Waals surface area contributed by atoms with E-state index in [9.17, 15) is 4.79 Å². The molecule has 5 nitrogen and oxygen atoms in total. The van der Waals surface area contributed by atoms with E-state index in [2.05, 4.69) is 16.5 Å². The molecule has 106 valence electrons. The Kier molecular flexibility index (Phi) is 2.89. The van der Waals surface area contributed by atoms with E-state index in [-0.39, 0.29) is 11.8 Å². The van der Waals surface area contributed by atoms with Gasteiger partial charge in [0.05, 0.1) is 12.5 Å². The number of thiophene rings is 1. The van der Waals surface area contributed by atoms with Gasteiger partial charge in [-0.05, 0) is 23.6 Å². The number of carbonyl (C=O) groups is 1. The van der Waals surface area contributed by atoms with Gasteiger partial charge in [-0.15, -0.1) is 11.3 Å². The highest BCUT2D eigenvalue weighted by molar-refractivity contribution is 7.10. The van der Waals surface area contributed by atoms with E-state index in [0.29, 0.717) is 13.0 Å². The second-order valence-corrected chi connectivity index (χ2v) is 5.99. The first-order valence-corrected chi connectivity index (χ1v) is 7.60. The average Bonchev–Trinajstić information content (AvgIpc) is 3.20. The number of carbonyl (C=O) groups excluding carboxylic acids is 1. The molecule has 0 fully saturated rings. The maximum atomic E-state index is 12.0. The number of nitrogens with zero attached hydrogens (tertiary/aromatic N) is 2. The molecule has 0 radical (unpaired) electrons. The van der Waals surface area contributed by atoms with Crippen LogP contribution in [0.25, 0.3) is 0 Å². The molecule has 1 amide bonds. The SMILES string of the molecule is O=C1C[C@H](c2cccs2)c2cnn(Cc3ccco3)c2N1. The molecular formula is C15H13N3O2S. The van der Waals surface area contributed by atoms with Crippen LogP contribution in [0.15, 0.2) is 46.5 Å². The minimum absolute atomic E-state index is 0.0297. The predicted octanol–water partition coefficient (Wildman–Crippen LogP) is 3.06. The van der Waals surface area contributed by atoms with Crippen molar-refractivity contribution in [1.29, 1.82) is 0 Å². The summed E-state index contributed by atoms with van der Waals surface area (Å²) in [5.74, 6) is 1.72. The van der Waals surface area contributed by atoms with E-state index < -0.39 is 0 Å². The molecule has 3 aromatic heterocycles. The van der Waals surface area contributed by atoms with Gasteiger partial charge in [-0.3, -0.25) is 4.79 Å². The third kappa shape index (κ3) is 2.17. The van der Waals surface area contributed by atoms with Crippen LogP contribution in [0.1, 0.15) is 28.5 Å². The summed E-state index contributed by atoms with van der Waals surface area (Å²) in [5, 5.41) is 9.39. The zero-order valence-corrected chi connectivity index (χ0v) is 12.0. The molecule has 0 saturated carbocycles. The van der Waals surface area contributed by atoms with Gasteiger partial charge in [0.1, 0.15) is 18.1 Å². The summed E-state index contributed by atoms with van der Waals surface area (Å²) in [5.41, 5.74) is 1.07. The Morgan fingerprint density at radius 2 is 2.38 bits per heavy atom. The zero-order valence-electron chi connectivity index (χ0n) is 11.2. The first kappa shape index (κ1) is 12.4. The molecule has 21 heavy (non-hydrogen) atoms. The van der Waals surface area contributed by atoms with Crippen LogP contribution in [0.4, 0.5) is 5.82 Å². The summed E-state index contributed by atoms with van der Waals surface area (Å²) in [6.45, 7) is 0.514. The maximum absolute atomic E-state index is 12.0. The van der Waals surface area contributed by atoms with E-state index >= 15 is 0 Å². The van der Waals surface area contributed by atoms with Crippen molar-refractivity contribution in [3.8, 4) is 0 Å².